The van der Waals surface area contributed by atoms with Crippen LogP contribution >= 0.6 is 11.3 Å². The number of thiazole rings is 1. The highest BCUT2D eigenvalue weighted by molar-refractivity contribution is 7.15. The first-order valence-electron chi connectivity index (χ1n) is 11.4. The molecule has 0 saturated carbocycles. The van der Waals surface area contributed by atoms with E-state index in [9.17, 15) is 18.0 Å². The molecule has 12 heteroatoms. The summed E-state index contributed by atoms with van der Waals surface area (Å²) in [6.07, 6.45) is 2.41. The second-order valence-corrected chi connectivity index (χ2v) is 9.58. The van der Waals surface area contributed by atoms with Gasteiger partial charge in [0.25, 0.3) is 5.91 Å². The SMILES string of the molecule is CC(NC(=O)c1cc2c(cn1)ncn2C1CCOCC1)c1cnc(Nc2ccc(C(F)(F)F)cc2)s1. The number of halogens is 3. The third-order valence-corrected chi connectivity index (χ3v) is 7.13. The molecule has 1 fully saturated rings. The Morgan fingerprint density at radius 1 is 1.14 bits per heavy atom. The lowest BCUT2D eigenvalue weighted by Crippen LogP contribution is -2.27. The van der Waals surface area contributed by atoms with E-state index in [1.807, 2.05) is 6.92 Å². The van der Waals surface area contributed by atoms with Crippen molar-refractivity contribution in [2.75, 3.05) is 18.5 Å². The number of hydrogen-bond donors (Lipinski definition) is 2. The van der Waals surface area contributed by atoms with Crippen molar-refractivity contribution in [3.63, 3.8) is 0 Å². The molecule has 1 aliphatic rings. The number of rotatable bonds is 6. The maximum absolute atomic E-state index is 12.9. The van der Waals surface area contributed by atoms with Crippen molar-refractivity contribution in [3.05, 3.63) is 65.2 Å². The van der Waals surface area contributed by atoms with E-state index in [-0.39, 0.29) is 23.7 Å². The van der Waals surface area contributed by atoms with E-state index in [0.717, 1.165) is 40.9 Å². The highest BCUT2D eigenvalue weighted by Gasteiger charge is 2.30. The van der Waals surface area contributed by atoms with E-state index < -0.39 is 11.7 Å². The minimum absolute atomic E-state index is 0.272. The number of amides is 1. The van der Waals surface area contributed by atoms with Gasteiger partial charge in [0, 0.05) is 36.0 Å². The fourth-order valence-corrected chi connectivity index (χ4v) is 4.90. The van der Waals surface area contributed by atoms with E-state index in [2.05, 4.69) is 30.2 Å². The van der Waals surface area contributed by atoms with Crippen LogP contribution < -0.4 is 10.6 Å². The van der Waals surface area contributed by atoms with Crippen molar-refractivity contribution >= 4 is 39.1 Å². The molecule has 5 rings (SSSR count). The van der Waals surface area contributed by atoms with Crippen molar-refractivity contribution < 1.29 is 22.7 Å². The minimum Gasteiger partial charge on any atom is -0.381 e. The van der Waals surface area contributed by atoms with Gasteiger partial charge in [0.15, 0.2) is 5.13 Å². The quantitative estimate of drug-likeness (QED) is 0.352. The van der Waals surface area contributed by atoms with Crippen LogP contribution in [0.15, 0.2) is 49.1 Å². The van der Waals surface area contributed by atoms with Gasteiger partial charge in [0.1, 0.15) is 11.2 Å². The van der Waals surface area contributed by atoms with Gasteiger partial charge < -0.3 is 19.9 Å². The van der Waals surface area contributed by atoms with Gasteiger partial charge in [-0.1, -0.05) is 11.3 Å². The number of alkyl halides is 3. The summed E-state index contributed by atoms with van der Waals surface area (Å²) in [4.78, 5) is 26.7. The van der Waals surface area contributed by atoms with Crippen LogP contribution in [0, 0.1) is 0 Å². The highest BCUT2D eigenvalue weighted by Crippen LogP contribution is 2.32. The molecular formula is C24H23F3N6O2S. The number of benzene rings is 1. The standard InChI is InChI=1S/C24H23F3N6O2S/c1-14(21-12-29-23(36-21)32-16-4-2-15(3-5-16)24(25,26)27)31-22(34)18-10-20-19(11-28-18)30-13-33(20)17-6-8-35-9-7-17/h2-5,10-14,17H,6-9H2,1H3,(H,29,32)(H,31,34). The van der Waals surface area contributed by atoms with Gasteiger partial charge >= 0.3 is 6.18 Å². The van der Waals surface area contributed by atoms with Crippen molar-refractivity contribution in [1.82, 2.24) is 24.8 Å². The zero-order valence-electron chi connectivity index (χ0n) is 19.2. The molecule has 0 spiro atoms. The Hall–Kier alpha value is -3.51. The normalized spacial score (nSPS) is 15.7. The van der Waals surface area contributed by atoms with Crippen molar-refractivity contribution in [3.8, 4) is 0 Å². The maximum atomic E-state index is 12.9. The van der Waals surface area contributed by atoms with Gasteiger partial charge in [0.2, 0.25) is 0 Å². The average molecular weight is 517 g/mol. The van der Waals surface area contributed by atoms with Crippen LogP contribution in [0.5, 0.6) is 0 Å². The topological polar surface area (TPSA) is 94.0 Å². The minimum atomic E-state index is -4.38. The number of ether oxygens (including phenoxy) is 1. The molecular weight excluding hydrogens is 493 g/mol. The van der Waals surface area contributed by atoms with Gasteiger partial charge in [-0.15, -0.1) is 0 Å². The van der Waals surface area contributed by atoms with Crippen LogP contribution in [0.2, 0.25) is 0 Å². The van der Waals surface area contributed by atoms with Crippen LogP contribution in [-0.4, -0.2) is 38.6 Å². The molecule has 8 nitrogen and oxygen atoms in total. The molecule has 2 N–H and O–H groups in total. The monoisotopic (exact) mass is 516 g/mol. The Balaban J connectivity index is 1.25. The third kappa shape index (κ3) is 5.19. The Labute approximate surface area is 208 Å². The van der Waals surface area contributed by atoms with Gasteiger partial charge in [-0.05, 0) is 50.1 Å². The number of aromatic nitrogens is 4. The molecule has 0 aliphatic carbocycles. The number of anilines is 2. The van der Waals surface area contributed by atoms with E-state index in [1.54, 1.807) is 24.8 Å². The van der Waals surface area contributed by atoms with Crippen LogP contribution in [0.3, 0.4) is 0 Å². The number of nitrogens with one attached hydrogen (secondary N) is 2. The van der Waals surface area contributed by atoms with Gasteiger partial charge in [-0.3, -0.25) is 4.79 Å². The molecule has 1 amide bonds. The van der Waals surface area contributed by atoms with Gasteiger partial charge in [-0.2, -0.15) is 13.2 Å². The number of hydrogen-bond acceptors (Lipinski definition) is 7. The molecule has 188 valence electrons. The molecule has 1 aromatic carbocycles. The van der Waals surface area contributed by atoms with Crippen molar-refractivity contribution in [2.45, 2.75) is 38.0 Å². The lowest BCUT2D eigenvalue weighted by Gasteiger charge is -2.23. The summed E-state index contributed by atoms with van der Waals surface area (Å²) in [5, 5.41) is 6.44. The van der Waals surface area contributed by atoms with E-state index in [0.29, 0.717) is 24.0 Å². The molecule has 4 aromatic rings. The summed E-state index contributed by atoms with van der Waals surface area (Å²) in [5.74, 6) is -0.324. The van der Waals surface area contributed by atoms with Crippen molar-refractivity contribution in [1.29, 1.82) is 0 Å². The highest BCUT2D eigenvalue weighted by atomic mass is 32.1. The first-order chi connectivity index (χ1) is 17.3. The Morgan fingerprint density at radius 3 is 2.61 bits per heavy atom. The Bertz CT molecular complexity index is 1360. The zero-order chi connectivity index (χ0) is 25.3. The summed E-state index contributed by atoms with van der Waals surface area (Å²) >= 11 is 1.30. The van der Waals surface area contributed by atoms with Gasteiger partial charge in [0.05, 0.1) is 29.6 Å². The summed E-state index contributed by atoms with van der Waals surface area (Å²) in [6, 6.07) is 6.40. The number of nitrogens with zero attached hydrogens (tertiary/aromatic N) is 4. The lowest BCUT2D eigenvalue weighted by atomic mass is 10.1. The number of fused-ring (bicyclic) bond motifs is 1. The first-order valence-corrected chi connectivity index (χ1v) is 12.2. The zero-order valence-corrected chi connectivity index (χ0v) is 20.1. The number of carbonyl (C=O) groups is 1. The van der Waals surface area contributed by atoms with Gasteiger partial charge in [-0.25, -0.2) is 15.0 Å². The fraction of sp³-hybridized carbons (Fsp3) is 0.333. The Morgan fingerprint density at radius 2 is 1.89 bits per heavy atom. The van der Waals surface area contributed by atoms with E-state index in [1.165, 1.54) is 23.5 Å². The predicted molar refractivity (Wildman–Crippen MR) is 129 cm³/mol. The molecule has 36 heavy (non-hydrogen) atoms. The third-order valence-electron chi connectivity index (χ3n) is 6.04. The molecule has 4 heterocycles. The summed E-state index contributed by atoms with van der Waals surface area (Å²) in [6.45, 7) is 3.23. The first kappa shape index (κ1) is 24.2. The predicted octanol–water partition coefficient (Wildman–Crippen LogP) is 5.49. The molecule has 3 aromatic heterocycles. The molecule has 0 radical (unpaired) electrons. The van der Waals surface area contributed by atoms with Crippen molar-refractivity contribution in [2.24, 2.45) is 0 Å². The van der Waals surface area contributed by atoms with E-state index in [4.69, 9.17) is 4.74 Å². The van der Waals surface area contributed by atoms with Crippen LogP contribution in [-0.2, 0) is 10.9 Å². The maximum Gasteiger partial charge on any atom is 0.416 e. The van der Waals surface area contributed by atoms with E-state index >= 15 is 0 Å². The number of carbonyl (C=O) groups excluding carboxylic acids is 1. The molecule has 0 bridgehead atoms. The Kier molecular flexibility index (Phi) is 6.63. The molecule has 1 aliphatic heterocycles. The smallest absolute Gasteiger partial charge is 0.381 e. The van der Waals surface area contributed by atoms with Crippen LogP contribution in [0.25, 0.3) is 11.0 Å². The number of pyridine rings is 1. The summed E-state index contributed by atoms with van der Waals surface area (Å²) < 4.78 is 45.8. The number of imidazole rings is 1. The molecule has 1 atom stereocenters. The summed E-state index contributed by atoms with van der Waals surface area (Å²) in [7, 11) is 0. The second kappa shape index (κ2) is 9.86. The largest absolute Gasteiger partial charge is 0.416 e. The van der Waals surface area contributed by atoms with Crippen LogP contribution in [0.1, 0.15) is 52.8 Å². The lowest BCUT2D eigenvalue weighted by molar-refractivity contribution is -0.137. The summed E-state index contributed by atoms with van der Waals surface area (Å²) in [5.41, 5.74) is 1.64. The van der Waals surface area contributed by atoms with Crippen LogP contribution in [0.4, 0.5) is 24.0 Å². The fourth-order valence-electron chi connectivity index (χ4n) is 4.06. The molecule has 1 saturated heterocycles. The average Bonchev–Trinajstić information content (AvgIpc) is 3.51. The second-order valence-electron chi connectivity index (χ2n) is 8.52. The molecule has 1 unspecified atom stereocenters.